The summed E-state index contributed by atoms with van der Waals surface area (Å²) in [5.74, 6) is -0.499. The van der Waals surface area contributed by atoms with E-state index in [2.05, 4.69) is 21.0 Å². The highest BCUT2D eigenvalue weighted by atomic mass is 19.1. The molecule has 1 aromatic carbocycles. The van der Waals surface area contributed by atoms with Gasteiger partial charge in [0.2, 0.25) is 5.95 Å². The third-order valence-corrected chi connectivity index (χ3v) is 3.39. The molecule has 0 atom stereocenters. The number of halogens is 1. The molecule has 3 heterocycles. The third-order valence-electron chi connectivity index (χ3n) is 3.39. The van der Waals surface area contributed by atoms with E-state index in [4.69, 9.17) is 0 Å². The van der Waals surface area contributed by atoms with Gasteiger partial charge < -0.3 is 4.98 Å². The summed E-state index contributed by atoms with van der Waals surface area (Å²) in [4.78, 5) is 11.4. The first-order valence-electron chi connectivity index (χ1n) is 6.31. The van der Waals surface area contributed by atoms with Crippen LogP contribution >= 0.6 is 0 Å². The molecule has 0 saturated carbocycles. The maximum atomic E-state index is 13.2. The van der Waals surface area contributed by atoms with Crippen molar-refractivity contribution in [1.82, 2.24) is 15.0 Å². The van der Waals surface area contributed by atoms with Crippen molar-refractivity contribution in [2.45, 2.75) is 0 Å². The fourth-order valence-electron chi connectivity index (χ4n) is 2.45. The Bertz CT molecular complexity index is 927. The van der Waals surface area contributed by atoms with E-state index in [9.17, 15) is 4.39 Å². The van der Waals surface area contributed by atoms with Gasteiger partial charge in [-0.2, -0.15) is 4.39 Å². The summed E-state index contributed by atoms with van der Waals surface area (Å²) in [6.45, 7) is 0. The normalized spacial score (nSPS) is 11.2. The van der Waals surface area contributed by atoms with Gasteiger partial charge >= 0.3 is 0 Å². The number of pyridine rings is 2. The van der Waals surface area contributed by atoms with E-state index in [1.165, 1.54) is 12.3 Å². The molecular weight excluding hydrogens is 253 g/mol. The third kappa shape index (κ3) is 1.66. The van der Waals surface area contributed by atoms with Gasteiger partial charge in [0, 0.05) is 34.1 Å². The number of rotatable bonds is 1. The van der Waals surface area contributed by atoms with Crippen LogP contribution in [-0.4, -0.2) is 15.0 Å². The number of fused-ring (bicyclic) bond motifs is 3. The fraction of sp³-hybridized carbons (Fsp3) is 0. The largest absolute Gasteiger partial charge is 0.339 e. The second-order valence-electron chi connectivity index (χ2n) is 4.63. The highest BCUT2D eigenvalue weighted by molar-refractivity contribution is 6.06. The Balaban J connectivity index is 1.97. The predicted molar refractivity (Wildman–Crippen MR) is 76.8 cm³/mol. The summed E-state index contributed by atoms with van der Waals surface area (Å²) in [5.41, 5.74) is 3.30. The molecule has 3 nitrogen and oxygen atoms in total. The first kappa shape index (κ1) is 11.1. The molecule has 0 fully saturated rings. The predicted octanol–water partition coefficient (Wildman–Crippen LogP) is 3.92. The molecule has 1 N–H and O–H groups in total. The lowest BCUT2D eigenvalue weighted by Crippen LogP contribution is -1.87. The average molecular weight is 263 g/mol. The molecule has 0 saturated heterocycles. The summed E-state index contributed by atoms with van der Waals surface area (Å²) in [7, 11) is 0. The minimum atomic E-state index is -0.499. The van der Waals surface area contributed by atoms with E-state index >= 15 is 0 Å². The highest BCUT2D eigenvalue weighted by Crippen LogP contribution is 2.26. The van der Waals surface area contributed by atoms with Crippen LogP contribution in [0.3, 0.4) is 0 Å². The minimum absolute atomic E-state index is 0.499. The van der Waals surface area contributed by atoms with E-state index in [-0.39, 0.29) is 0 Å². The minimum Gasteiger partial charge on any atom is -0.339 e. The zero-order chi connectivity index (χ0) is 13.5. The van der Waals surface area contributed by atoms with Crippen LogP contribution in [0.15, 0.2) is 54.7 Å². The van der Waals surface area contributed by atoms with E-state index in [0.29, 0.717) is 0 Å². The van der Waals surface area contributed by atoms with Crippen LogP contribution in [0, 0.1) is 5.95 Å². The molecule has 0 amide bonds. The van der Waals surface area contributed by atoms with Crippen LogP contribution in [0.1, 0.15) is 0 Å². The number of nitrogens with zero attached hydrogens (tertiary/aromatic N) is 2. The van der Waals surface area contributed by atoms with Crippen LogP contribution in [0.2, 0.25) is 0 Å². The van der Waals surface area contributed by atoms with Gasteiger partial charge in [0.25, 0.3) is 0 Å². The van der Waals surface area contributed by atoms with Gasteiger partial charge in [-0.1, -0.05) is 18.2 Å². The second kappa shape index (κ2) is 4.13. The smallest absolute Gasteiger partial charge is 0.213 e. The molecule has 20 heavy (non-hydrogen) atoms. The van der Waals surface area contributed by atoms with Gasteiger partial charge in [-0.05, 0) is 24.3 Å². The van der Waals surface area contributed by atoms with Crippen LogP contribution in [0.4, 0.5) is 4.39 Å². The topological polar surface area (TPSA) is 41.6 Å². The molecule has 4 rings (SSSR count). The SMILES string of the molecule is Fc1cc(-c2ccc3c(n2)[nH]c2ccccc23)ccn1. The van der Waals surface area contributed by atoms with Crippen molar-refractivity contribution in [2.75, 3.05) is 0 Å². The van der Waals surface area contributed by atoms with E-state index in [0.717, 1.165) is 33.2 Å². The Hall–Kier alpha value is -2.75. The number of nitrogens with one attached hydrogen (secondary N) is 1. The van der Waals surface area contributed by atoms with Crippen LogP contribution in [0.25, 0.3) is 33.2 Å². The Morgan fingerprint density at radius 3 is 2.75 bits per heavy atom. The van der Waals surface area contributed by atoms with Crippen LogP contribution in [-0.2, 0) is 0 Å². The summed E-state index contributed by atoms with van der Waals surface area (Å²) in [6, 6.07) is 15.1. The molecule has 4 aromatic rings. The standard InChI is InChI=1S/C16H10FN3/c17-15-9-10(7-8-18-15)13-6-5-12-11-3-1-2-4-14(11)20-16(12)19-13/h1-9H,(H,19,20). The number of aromatic nitrogens is 3. The van der Waals surface area contributed by atoms with Gasteiger partial charge in [-0.15, -0.1) is 0 Å². The van der Waals surface area contributed by atoms with E-state index < -0.39 is 5.95 Å². The van der Waals surface area contributed by atoms with Crippen molar-refractivity contribution < 1.29 is 4.39 Å². The van der Waals surface area contributed by atoms with Crippen LogP contribution in [0.5, 0.6) is 0 Å². The lowest BCUT2D eigenvalue weighted by Gasteiger charge is -2.00. The zero-order valence-corrected chi connectivity index (χ0v) is 10.5. The van der Waals surface area contributed by atoms with Gasteiger partial charge in [-0.25, -0.2) is 9.97 Å². The van der Waals surface area contributed by atoms with E-state index in [1.54, 1.807) is 6.07 Å². The molecule has 0 bridgehead atoms. The Morgan fingerprint density at radius 1 is 0.950 bits per heavy atom. The van der Waals surface area contributed by atoms with Crippen molar-refractivity contribution in [2.24, 2.45) is 0 Å². The molecule has 4 heteroatoms. The number of hydrogen-bond donors (Lipinski definition) is 1. The van der Waals surface area contributed by atoms with Gasteiger partial charge in [0.15, 0.2) is 0 Å². The fourth-order valence-corrected chi connectivity index (χ4v) is 2.45. The van der Waals surface area contributed by atoms with Gasteiger partial charge in [-0.3, -0.25) is 0 Å². The van der Waals surface area contributed by atoms with Gasteiger partial charge in [0.05, 0.1) is 5.69 Å². The van der Waals surface area contributed by atoms with Crippen molar-refractivity contribution >= 4 is 21.9 Å². The van der Waals surface area contributed by atoms with Crippen molar-refractivity contribution in [3.8, 4) is 11.3 Å². The van der Waals surface area contributed by atoms with Crippen molar-refractivity contribution in [3.05, 3.63) is 60.7 Å². The maximum absolute atomic E-state index is 13.2. The Morgan fingerprint density at radius 2 is 1.85 bits per heavy atom. The van der Waals surface area contributed by atoms with Crippen LogP contribution < -0.4 is 0 Å². The summed E-state index contributed by atoms with van der Waals surface area (Å²) in [5, 5.41) is 2.21. The van der Waals surface area contributed by atoms with E-state index in [1.807, 2.05) is 30.3 Å². The molecular formula is C16H10FN3. The lowest BCUT2D eigenvalue weighted by molar-refractivity contribution is 0.584. The average Bonchev–Trinajstić information content (AvgIpc) is 2.85. The zero-order valence-electron chi connectivity index (χ0n) is 10.5. The highest BCUT2D eigenvalue weighted by Gasteiger charge is 2.07. The van der Waals surface area contributed by atoms with Gasteiger partial charge in [0.1, 0.15) is 5.65 Å². The number of hydrogen-bond acceptors (Lipinski definition) is 2. The lowest BCUT2D eigenvalue weighted by atomic mass is 10.1. The Labute approximate surface area is 114 Å². The molecule has 0 radical (unpaired) electrons. The second-order valence-corrected chi connectivity index (χ2v) is 4.63. The van der Waals surface area contributed by atoms with Crippen molar-refractivity contribution in [1.29, 1.82) is 0 Å². The maximum Gasteiger partial charge on any atom is 0.213 e. The molecule has 0 aliphatic rings. The number of para-hydroxylation sites is 1. The molecule has 0 spiro atoms. The quantitative estimate of drug-likeness (QED) is 0.529. The van der Waals surface area contributed by atoms with Crippen molar-refractivity contribution in [3.63, 3.8) is 0 Å². The summed E-state index contributed by atoms with van der Waals surface area (Å²) in [6.07, 6.45) is 1.45. The number of aromatic amines is 1. The molecule has 96 valence electrons. The number of benzene rings is 1. The first-order valence-corrected chi connectivity index (χ1v) is 6.31. The summed E-state index contributed by atoms with van der Waals surface area (Å²) >= 11 is 0. The summed E-state index contributed by atoms with van der Waals surface area (Å²) < 4.78 is 13.2. The molecule has 3 aromatic heterocycles. The first-order chi connectivity index (χ1) is 9.81. The number of H-pyrrole nitrogens is 1. The molecule has 0 aliphatic heterocycles. The molecule has 0 aliphatic carbocycles. The molecule has 0 unspecified atom stereocenters. The monoisotopic (exact) mass is 263 g/mol. The Kier molecular flexibility index (Phi) is 2.29.